The first-order valence-electron chi connectivity index (χ1n) is 18.4. The van der Waals surface area contributed by atoms with E-state index in [1.807, 2.05) is 53.4 Å². The minimum atomic E-state index is -0.965. The molecule has 3 fully saturated rings. The second-order valence-electron chi connectivity index (χ2n) is 14.6. The lowest BCUT2D eigenvalue weighted by Crippen LogP contribution is -2.59. The van der Waals surface area contributed by atoms with Gasteiger partial charge in [-0.25, -0.2) is 14.7 Å². The van der Waals surface area contributed by atoms with Crippen LogP contribution in [-0.2, 0) is 15.7 Å². The van der Waals surface area contributed by atoms with Crippen LogP contribution in [0.25, 0.3) is 11.4 Å². The van der Waals surface area contributed by atoms with E-state index in [1.165, 1.54) is 4.90 Å². The summed E-state index contributed by atoms with van der Waals surface area (Å²) in [6.45, 7) is 3.63. The molecule has 3 aliphatic heterocycles. The van der Waals surface area contributed by atoms with Crippen LogP contribution in [0.4, 0.5) is 4.79 Å². The third-order valence-electron chi connectivity index (χ3n) is 11.6. The lowest BCUT2D eigenvalue weighted by atomic mass is 9.76. The molecule has 284 valence electrons. The molecule has 15 heteroatoms. The van der Waals surface area contributed by atoms with Crippen LogP contribution < -0.4 is 10.1 Å². The van der Waals surface area contributed by atoms with Gasteiger partial charge in [-0.05, 0) is 103 Å². The van der Waals surface area contributed by atoms with Crippen LogP contribution >= 0.6 is 23.2 Å². The Morgan fingerprint density at radius 3 is 2.44 bits per heavy atom. The number of rotatable bonds is 10. The molecule has 4 heterocycles. The highest BCUT2D eigenvalue weighted by Gasteiger charge is 2.44. The number of halogens is 2. The first-order chi connectivity index (χ1) is 26.1. The van der Waals surface area contributed by atoms with E-state index in [-0.39, 0.29) is 11.9 Å². The Kier molecular flexibility index (Phi) is 11.1. The number of likely N-dealkylation sites (tertiary alicyclic amines) is 3. The minimum Gasteiger partial charge on any atom is -0.496 e. The van der Waals surface area contributed by atoms with E-state index in [1.54, 1.807) is 25.3 Å². The number of benzene rings is 3. The third kappa shape index (κ3) is 7.62. The van der Waals surface area contributed by atoms with Crippen LogP contribution in [0, 0.1) is 0 Å². The zero-order valence-electron chi connectivity index (χ0n) is 30.1. The molecule has 13 nitrogen and oxygen atoms in total. The van der Waals surface area contributed by atoms with Crippen molar-refractivity contribution in [2.24, 2.45) is 0 Å². The molecule has 0 aliphatic carbocycles. The maximum Gasteiger partial charge on any atom is 0.326 e. The molecule has 3 aliphatic rings. The Hall–Kier alpha value is -4.72. The monoisotopic (exact) mass is 774 g/mol. The van der Waals surface area contributed by atoms with Gasteiger partial charge < -0.3 is 29.9 Å². The number of nitrogens with one attached hydrogen (secondary N) is 2. The average molecular weight is 776 g/mol. The zero-order valence-corrected chi connectivity index (χ0v) is 31.7. The fourth-order valence-corrected chi connectivity index (χ4v) is 8.71. The summed E-state index contributed by atoms with van der Waals surface area (Å²) in [5, 5.41) is 28.2. The van der Waals surface area contributed by atoms with Crippen molar-refractivity contribution in [3.63, 3.8) is 0 Å². The number of urea groups is 1. The SMILES string of the molecule is COc1ccc(-c2nnn[nH]2)cc1C(=O)N1CCC(CCN2CCC(NC(=O)N3CCCCC3C(=O)O)(c3ccccc3)CC2)(c2ccc(Cl)c(Cl)c2)C1. The summed E-state index contributed by atoms with van der Waals surface area (Å²) in [5.74, 6) is -0.201. The van der Waals surface area contributed by atoms with Crippen molar-refractivity contribution < 1.29 is 24.2 Å². The summed E-state index contributed by atoms with van der Waals surface area (Å²) >= 11 is 13.0. The van der Waals surface area contributed by atoms with Gasteiger partial charge in [-0.15, -0.1) is 5.10 Å². The average Bonchev–Trinajstić information content (AvgIpc) is 3.91. The molecular formula is C39H44Cl2N8O5. The molecule has 3 saturated heterocycles. The number of carboxylic acids is 1. The quantitative estimate of drug-likeness (QED) is 0.176. The van der Waals surface area contributed by atoms with Crippen molar-refractivity contribution >= 4 is 41.1 Å². The number of aromatic amines is 1. The van der Waals surface area contributed by atoms with Crippen LogP contribution in [0.5, 0.6) is 5.75 Å². The summed E-state index contributed by atoms with van der Waals surface area (Å²) in [6, 6.07) is 19.9. The molecule has 0 saturated carbocycles. The highest BCUT2D eigenvalue weighted by molar-refractivity contribution is 6.42. The van der Waals surface area contributed by atoms with Gasteiger partial charge in [0.1, 0.15) is 11.8 Å². The number of hydrogen-bond donors (Lipinski definition) is 3. The molecular weight excluding hydrogens is 731 g/mol. The number of carbonyl (C=O) groups is 3. The third-order valence-corrected chi connectivity index (χ3v) is 12.3. The predicted octanol–water partition coefficient (Wildman–Crippen LogP) is 6.00. The van der Waals surface area contributed by atoms with Gasteiger partial charge in [0.15, 0.2) is 5.82 Å². The molecule has 0 spiro atoms. The van der Waals surface area contributed by atoms with Crippen molar-refractivity contribution in [2.75, 3.05) is 46.4 Å². The number of hydrogen-bond acceptors (Lipinski definition) is 8. The van der Waals surface area contributed by atoms with Crippen molar-refractivity contribution in [2.45, 2.75) is 61.9 Å². The molecule has 7 rings (SSSR count). The van der Waals surface area contributed by atoms with Crippen molar-refractivity contribution in [1.29, 1.82) is 0 Å². The van der Waals surface area contributed by atoms with Gasteiger partial charge in [-0.1, -0.05) is 59.6 Å². The fourth-order valence-electron chi connectivity index (χ4n) is 8.41. The van der Waals surface area contributed by atoms with Gasteiger partial charge in [0, 0.05) is 43.7 Å². The number of piperidine rings is 2. The maximum absolute atomic E-state index is 14.2. The number of ether oxygens (including phenoxy) is 1. The molecule has 3 aromatic carbocycles. The topological polar surface area (TPSA) is 157 Å². The van der Waals surface area contributed by atoms with E-state index in [9.17, 15) is 19.5 Å². The number of H-pyrrole nitrogens is 1. The van der Waals surface area contributed by atoms with Crippen LogP contribution in [0.1, 0.15) is 66.4 Å². The zero-order chi connectivity index (χ0) is 37.9. The van der Waals surface area contributed by atoms with Crippen LogP contribution in [0.15, 0.2) is 66.7 Å². The molecule has 3 N–H and O–H groups in total. The second-order valence-corrected chi connectivity index (χ2v) is 15.4. The Bertz CT molecular complexity index is 1970. The van der Waals surface area contributed by atoms with E-state index in [0.29, 0.717) is 71.6 Å². The number of carbonyl (C=O) groups excluding carboxylic acids is 2. The van der Waals surface area contributed by atoms with Gasteiger partial charge in [0.2, 0.25) is 0 Å². The lowest BCUT2D eigenvalue weighted by Gasteiger charge is -2.45. The summed E-state index contributed by atoms with van der Waals surface area (Å²) in [6.07, 6.45) is 4.84. The van der Waals surface area contributed by atoms with Crippen LogP contribution in [0.3, 0.4) is 0 Å². The van der Waals surface area contributed by atoms with Gasteiger partial charge in [-0.2, -0.15) is 0 Å². The van der Waals surface area contributed by atoms with Crippen molar-refractivity contribution in [3.8, 4) is 17.1 Å². The molecule has 2 atom stereocenters. The van der Waals surface area contributed by atoms with E-state index < -0.39 is 23.0 Å². The van der Waals surface area contributed by atoms with Crippen LogP contribution in [-0.4, -0.2) is 111 Å². The molecule has 54 heavy (non-hydrogen) atoms. The highest BCUT2D eigenvalue weighted by Crippen LogP contribution is 2.42. The maximum atomic E-state index is 14.2. The number of nitrogens with zero attached hydrogens (tertiary/aromatic N) is 6. The number of aromatic nitrogens is 4. The summed E-state index contributed by atoms with van der Waals surface area (Å²) in [5.41, 5.74) is 2.10. The molecule has 4 aromatic rings. The Morgan fingerprint density at radius 2 is 1.74 bits per heavy atom. The fraction of sp³-hybridized carbons (Fsp3) is 0.436. The number of carboxylic acid groups (broad SMARTS) is 1. The van der Waals surface area contributed by atoms with Gasteiger partial charge in [-0.3, -0.25) is 4.79 Å². The molecule has 0 bridgehead atoms. The van der Waals surface area contributed by atoms with Gasteiger partial charge in [0.25, 0.3) is 5.91 Å². The number of methoxy groups -OCH3 is 1. The molecule has 1 aromatic heterocycles. The number of amides is 3. The van der Waals surface area contributed by atoms with E-state index in [4.69, 9.17) is 27.9 Å². The highest BCUT2D eigenvalue weighted by atomic mass is 35.5. The summed E-state index contributed by atoms with van der Waals surface area (Å²) < 4.78 is 5.61. The predicted molar refractivity (Wildman–Crippen MR) is 204 cm³/mol. The standard InChI is InChI=1S/C39H44Cl2N8O5/c1-54-33-13-10-26(34-43-45-46-44-34)23-29(33)35(50)48-22-15-38(25-48,28-11-12-30(40)31(41)24-28)14-19-47-20-16-39(17-21-47,27-7-3-2-4-8-27)42-37(53)49-18-6-5-9-32(49)36(51)52/h2-4,7-8,10-13,23-24,32H,5-6,9,14-22,25H2,1H3,(H,42,53)(H,51,52)(H,43,44,45,46). The normalized spacial score (nSPS) is 21.5. The smallest absolute Gasteiger partial charge is 0.326 e. The number of aliphatic carboxylic acids is 1. The van der Waals surface area contributed by atoms with Crippen molar-refractivity contribution in [1.82, 2.24) is 40.6 Å². The van der Waals surface area contributed by atoms with Gasteiger partial charge in [0.05, 0.1) is 28.3 Å². The largest absolute Gasteiger partial charge is 0.496 e. The Labute approximate surface area is 323 Å². The Balaban J connectivity index is 1.09. The Morgan fingerprint density at radius 1 is 0.944 bits per heavy atom. The molecule has 0 radical (unpaired) electrons. The lowest BCUT2D eigenvalue weighted by molar-refractivity contribution is -0.143. The second kappa shape index (κ2) is 15.9. The number of tetrazole rings is 1. The van der Waals surface area contributed by atoms with Crippen molar-refractivity contribution in [3.05, 3.63) is 93.5 Å². The molecule has 2 unspecified atom stereocenters. The van der Waals surface area contributed by atoms with E-state index >= 15 is 0 Å². The minimum absolute atomic E-state index is 0.150. The summed E-state index contributed by atoms with van der Waals surface area (Å²) in [7, 11) is 1.54. The first kappa shape index (κ1) is 37.6. The summed E-state index contributed by atoms with van der Waals surface area (Å²) in [4.78, 5) is 45.8. The van der Waals surface area contributed by atoms with Crippen LogP contribution in [0.2, 0.25) is 10.0 Å². The molecule has 3 amide bonds. The van der Waals surface area contributed by atoms with E-state index in [2.05, 4.69) is 30.8 Å². The van der Waals surface area contributed by atoms with E-state index in [0.717, 1.165) is 56.4 Å². The first-order valence-corrected chi connectivity index (χ1v) is 19.1. The van der Waals surface area contributed by atoms with Gasteiger partial charge >= 0.3 is 12.0 Å².